The number of nitrogens with one attached hydrogen (secondary N) is 2. The molecular formula is C25H22BrFN2O4S. The first-order chi connectivity index (χ1) is 16.2. The van der Waals surface area contributed by atoms with Gasteiger partial charge in [-0.15, -0.1) is 0 Å². The van der Waals surface area contributed by atoms with E-state index in [1.54, 1.807) is 43.5 Å². The van der Waals surface area contributed by atoms with Crippen LogP contribution in [0.5, 0.6) is 5.75 Å². The van der Waals surface area contributed by atoms with E-state index < -0.39 is 17.7 Å². The number of rotatable bonds is 9. The highest BCUT2D eigenvalue weighted by Crippen LogP contribution is 2.30. The number of benzene rings is 3. The van der Waals surface area contributed by atoms with Gasteiger partial charge in [-0.1, -0.05) is 28.1 Å². The minimum Gasteiger partial charge on any atom is -0.497 e. The van der Waals surface area contributed by atoms with E-state index in [1.165, 1.54) is 6.07 Å². The zero-order chi connectivity index (χ0) is 24.8. The van der Waals surface area contributed by atoms with Crippen molar-refractivity contribution in [3.63, 3.8) is 0 Å². The van der Waals surface area contributed by atoms with Crippen LogP contribution in [0.4, 0.5) is 21.5 Å². The third kappa shape index (κ3) is 6.39. The minimum atomic E-state index is -1.05. The van der Waals surface area contributed by atoms with Crippen LogP contribution < -0.4 is 15.4 Å². The summed E-state index contributed by atoms with van der Waals surface area (Å²) in [6.07, 6.45) is -0.435. The lowest BCUT2D eigenvalue weighted by molar-refractivity contribution is -0.138. The summed E-state index contributed by atoms with van der Waals surface area (Å²) >= 11 is 8.90. The molecule has 1 amide bonds. The van der Waals surface area contributed by atoms with Crippen LogP contribution in [-0.2, 0) is 9.59 Å². The van der Waals surface area contributed by atoms with Crippen LogP contribution in [0.1, 0.15) is 29.5 Å². The summed E-state index contributed by atoms with van der Waals surface area (Å²) in [7, 11) is 1.58. The molecule has 3 N–H and O–H groups in total. The maximum absolute atomic E-state index is 15.0. The number of carbonyl (C=O) groups is 2. The highest BCUT2D eigenvalue weighted by atomic mass is 79.9. The molecule has 6 nitrogen and oxygen atoms in total. The fourth-order valence-electron chi connectivity index (χ4n) is 3.26. The second kappa shape index (κ2) is 11.2. The minimum absolute atomic E-state index is 0.160. The molecule has 176 valence electrons. The first-order valence-corrected chi connectivity index (χ1v) is 11.4. The van der Waals surface area contributed by atoms with Crippen molar-refractivity contribution in [1.82, 2.24) is 0 Å². The Morgan fingerprint density at radius 1 is 1.03 bits per heavy atom. The number of aryl methyl sites for hydroxylation is 1. The van der Waals surface area contributed by atoms with E-state index in [4.69, 9.17) is 22.1 Å². The Kier molecular flexibility index (Phi) is 8.36. The van der Waals surface area contributed by atoms with Gasteiger partial charge in [0.25, 0.3) is 0 Å². The van der Waals surface area contributed by atoms with Crippen molar-refractivity contribution in [1.29, 1.82) is 0 Å². The van der Waals surface area contributed by atoms with Crippen molar-refractivity contribution in [2.45, 2.75) is 19.8 Å². The van der Waals surface area contributed by atoms with Gasteiger partial charge in [0.05, 0.1) is 29.8 Å². The quantitative estimate of drug-likeness (QED) is 0.219. The molecule has 0 spiro atoms. The van der Waals surface area contributed by atoms with Gasteiger partial charge in [0, 0.05) is 22.1 Å². The van der Waals surface area contributed by atoms with Gasteiger partial charge in [-0.3, -0.25) is 9.59 Å². The fourth-order valence-corrected chi connectivity index (χ4v) is 4.01. The van der Waals surface area contributed by atoms with E-state index >= 15 is 4.39 Å². The number of anilines is 3. The zero-order valence-corrected chi connectivity index (χ0v) is 20.8. The van der Waals surface area contributed by atoms with Crippen LogP contribution in [0, 0.1) is 12.7 Å². The molecule has 0 bridgehead atoms. The molecule has 0 unspecified atom stereocenters. The topological polar surface area (TPSA) is 87.7 Å². The van der Waals surface area contributed by atoms with Crippen molar-refractivity contribution in [2.75, 3.05) is 17.7 Å². The van der Waals surface area contributed by atoms with E-state index in [9.17, 15) is 9.59 Å². The van der Waals surface area contributed by atoms with Gasteiger partial charge >= 0.3 is 5.97 Å². The average molecular weight is 545 g/mol. The van der Waals surface area contributed by atoms with Gasteiger partial charge in [-0.05, 0) is 72.6 Å². The van der Waals surface area contributed by atoms with Gasteiger partial charge in [-0.2, -0.15) is 0 Å². The van der Waals surface area contributed by atoms with Crippen molar-refractivity contribution >= 4 is 62.0 Å². The summed E-state index contributed by atoms with van der Waals surface area (Å²) in [5.74, 6) is -1.29. The molecule has 3 aromatic carbocycles. The molecule has 0 aromatic heterocycles. The molecular weight excluding hydrogens is 523 g/mol. The van der Waals surface area contributed by atoms with Crippen LogP contribution in [0.3, 0.4) is 0 Å². The first kappa shape index (κ1) is 25.3. The normalized spacial score (nSPS) is 10.5. The molecule has 9 heteroatoms. The highest BCUT2D eigenvalue weighted by molar-refractivity contribution is 9.10. The van der Waals surface area contributed by atoms with Gasteiger partial charge < -0.3 is 20.5 Å². The smallest absolute Gasteiger partial charge is 0.303 e. The van der Waals surface area contributed by atoms with Crippen molar-refractivity contribution in [2.24, 2.45) is 0 Å². The Morgan fingerprint density at radius 3 is 2.41 bits per heavy atom. The summed E-state index contributed by atoms with van der Waals surface area (Å²) in [6, 6.07) is 15.2. The third-order valence-electron chi connectivity index (χ3n) is 4.99. The molecule has 0 fully saturated rings. The number of aliphatic carboxylic acids is 1. The summed E-state index contributed by atoms with van der Waals surface area (Å²) in [6.45, 7) is 1.89. The third-order valence-corrected chi connectivity index (χ3v) is 5.93. The maximum Gasteiger partial charge on any atom is 0.303 e. The second-order valence-electron chi connectivity index (χ2n) is 7.46. The fraction of sp³-hybridized carbons (Fsp3) is 0.160. The summed E-state index contributed by atoms with van der Waals surface area (Å²) < 4.78 is 21.0. The molecule has 3 aromatic rings. The molecule has 0 aliphatic rings. The number of halogens is 2. The summed E-state index contributed by atoms with van der Waals surface area (Å²) in [4.78, 5) is 23.2. The van der Waals surface area contributed by atoms with Crippen LogP contribution in [0.2, 0.25) is 0 Å². The van der Waals surface area contributed by atoms with E-state index in [2.05, 4.69) is 26.6 Å². The van der Waals surface area contributed by atoms with Crippen molar-refractivity contribution in [3.05, 3.63) is 81.6 Å². The molecule has 0 radical (unpaired) electrons. The molecule has 0 aliphatic heterocycles. The predicted molar refractivity (Wildman–Crippen MR) is 138 cm³/mol. The number of hydrogen-bond acceptors (Lipinski definition) is 5. The largest absolute Gasteiger partial charge is 0.497 e. The van der Waals surface area contributed by atoms with E-state index in [1.807, 2.05) is 19.1 Å². The van der Waals surface area contributed by atoms with E-state index in [0.717, 1.165) is 11.1 Å². The van der Waals surface area contributed by atoms with Crippen molar-refractivity contribution < 1.29 is 23.8 Å². The van der Waals surface area contributed by atoms with Crippen LogP contribution in [0.25, 0.3) is 0 Å². The van der Waals surface area contributed by atoms with Gasteiger partial charge in [0.2, 0.25) is 5.91 Å². The number of thiocarbonyl (C=S) groups is 1. The number of methoxy groups -OCH3 is 1. The lowest BCUT2D eigenvalue weighted by Gasteiger charge is -2.15. The highest BCUT2D eigenvalue weighted by Gasteiger charge is 2.15. The first-order valence-electron chi connectivity index (χ1n) is 10.2. The van der Waals surface area contributed by atoms with Crippen LogP contribution >= 0.6 is 28.1 Å². The van der Waals surface area contributed by atoms with Crippen molar-refractivity contribution in [3.8, 4) is 5.75 Å². The molecule has 0 saturated heterocycles. The van der Waals surface area contributed by atoms with Gasteiger partial charge in [-0.25, -0.2) is 4.39 Å². The number of hydrogen-bond donors (Lipinski definition) is 3. The molecule has 0 saturated carbocycles. The Morgan fingerprint density at radius 2 is 1.76 bits per heavy atom. The number of carboxylic acid groups (broad SMARTS) is 1. The van der Waals surface area contributed by atoms with Gasteiger partial charge in [0.1, 0.15) is 11.6 Å². The number of ether oxygens (including phenoxy) is 1. The number of carbonyl (C=O) groups excluding carboxylic acids is 1. The standard InChI is InChI=1S/C25H22BrFN2O4S/c1-14-11-17(33-2)5-7-18(14)25(34)19-6-4-16(13-20(19)27)28-21-8-3-15(26)12-22(21)29-23(30)9-10-24(31)32/h3-8,11-13,28H,9-10H2,1-2H3,(H,29,30)(H,31,32). The Hall–Kier alpha value is -3.30. The van der Waals surface area contributed by atoms with Crippen LogP contribution in [-0.4, -0.2) is 29.0 Å². The molecule has 0 atom stereocenters. The Labute approximate surface area is 210 Å². The summed E-state index contributed by atoms with van der Waals surface area (Å²) in [5, 5.41) is 14.6. The zero-order valence-electron chi connectivity index (χ0n) is 18.4. The Bertz CT molecular complexity index is 1270. The number of carboxylic acids is 1. The average Bonchev–Trinajstić information content (AvgIpc) is 2.79. The lowest BCUT2D eigenvalue weighted by atomic mass is 9.99. The molecule has 0 aliphatic carbocycles. The van der Waals surface area contributed by atoms with E-state index in [-0.39, 0.29) is 12.8 Å². The lowest BCUT2D eigenvalue weighted by Crippen LogP contribution is -2.14. The molecule has 0 heterocycles. The summed E-state index contributed by atoms with van der Waals surface area (Å²) in [5.41, 5.74) is 3.33. The second-order valence-corrected chi connectivity index (χ2v) is 8.79. The predicted octanol–water partition coefficient (Wildman–Crippen LogP) is 6.22. The SMILES string of the molecule is COc1ccc(C(=S)c2ccc(Nc3ccc(Br)cc3NC(=O)CCC(=O)O)cc2F)c(C)c1. The van der Waals surface area contributed by atoms with E-state index in [0.29, 0.717) is 37.7 Å². The Balaban J connectivity index is 1.81. The molecule has 3 rings (SSSR count). The van der Waals surface area contributed by atoms with Gasteiger partial charge in [0.15, 0.2) is 0 Å². The van der Waals surface area contributed by atoms with Crippen LogP contribution in [0.15, 0.2) is 59.1 Å². The number of amides is 1. The monoisotopic (exact) mass is 544 g/mol. The molecule has 34 heavy (non-hydrogen) atoms. The maximum atomic E-state index is 15.0.